The molecular formula is C13H14N2O3. The standard InChI is InChI=1S/C13H14N2O3/c16-11(10-5-2-1-3-6-10)7-4-8-15-12(17)9-14-13(15)18/h1-3,5-6H,4,7-9H2,(H,14,18). The predicted molar refractivity (Wildman–Crippen MR) is 65.1 cm³/mol. The second-order valence-corrected chi connectivity index (χ2v) is 4.10. The molecule has 0 spiro atoms. The number of imide groups is 1. The summed E-state index contributed by atoms with van der Waals surface area (Å²) in [5.41, 5.74) is 0.662. The van der Waals surface area contributed by atoms with Gasteiger partial charge in [0.2, 0.25) is 5.91 Å². The molecular weight excluding hydrogens is 232 g/mol. The molecule has 0 aliphatic carbocycles. The predicted octanol–water partition coefficient (Wildman–Crippen LogP) is 1.20. The van der Waals surface area contributed by atoms with E-state index in [2.05, 4.69) is 5.32 Å². The zero-order valence-corrected chi connectivity index (χ0v) is 9.89. The van der Waals surface area contributed by atoms with Gasteiger partial charge in [-0.25, -0.2) is 4.79 Å². The van der Waals surface area contributed by atoms with Gasteiger partial charge in [-0.05, 0) is 6.42 Å². The van der Waals surface area contributed by atoms with Crippen molar-refractivity contribution >= 4 is 17.7 Å². The molecule has 0 bridgehead atoms. The number of hydrogen-bond donors (Lipinski definition) is 1. The van der Waals surface area contributed by atoms with Crippen LogP contribution in [0.25, 0.3) is 0 Å². The Bertz CT molecular complexity index is 454. The van der Waals surface area contributed by atoms with Gasteiger partial charge in [-0.3, -0.25) is 14.5 Å². The highest BCUT2D eigenvalue weighted by Crippen LogP contribution is 2.07. The number of benzene rings is 1. The van der Waals surface area contributed by atoms with Gasteiger partial charge in [0, 0.05) is 18.5 Å². The van der Waals surface area contributed by atoms with Gasteiger partial charge < -0.3 is 5.32 Å². The molecule has 0 aromatic heterocycles. The van der Waals surface area contributed by atoms with Crippen molar-refractivity contribution in [1.29, 1.82) is 0 Å². The van der Waals surface area contributed by atoms with Crippen molar-refractivity contribution in [3.63, 3.8) is 0 Å². The maximum absolute atomic E-state index is 11.8. The summed E-state index contributed by atoms with van der Waals surface area (Å²) in [6.45, 7) is 0.356. The number of carbonyl (C=O) groups is 3. The van der Waals surface area contributed by atoms with Crippen LogP contribution in [-0.2, 0) is 4.79 Å². The molecule has 0 unspecified atom stereocenters. The van der Waals surface area contributed by atoms with Gasteiger partial charge in [-0.2, -0.15) is 0 Å². The summed E-state index contributed by atoms with van der Waals surface area (Å²) in [6, 6.07) is 8.62. The third-order valence-corrected chi connectivity index (χ3v) is 2.82. The molecule has 1 heterocycles. The summed E-state index contributed by atoms with van der Waals surface area (Å²) >= 11 is 0. The summed E-state index contributed by atoms with van der Waals surface area (Å²) in [5.74, 6) is -0.199. The van der Waals surface area contributed by atoms with E-state index < -0.39 is 0 Å². The first-order chi connectivity index (χ1) is 8.68. The van der Waals surface area contributed by atoms with Gasteiger partial charge in [-0.15, -0.1) is 0 Å². The minimum absolute atomic E-state index is 0.0302. The van der Waals surface area contributed by atoms with E-state index in [-0.39, 0.29) is 24.3 Å². The van der Waals surface area contributed by atoms with Crippen LogP contribution in [0.3, 0.4) is 0 Å². The van der Waals surface area contributed by atoms with Gasteiger partial charge >= 0.3 is 6.03 Å². The van der Waals surface area contributed by atoms with Crippen molar-refractivity contribution in [2.75, 3.05) is 13.1 Å². The van der Waals surface area contributed by atoms with Crippen LogP contribution in [0.1, 0.15) is 23.2 Å². The number of nitrogens with zero attached hydrogens (tertiary/aromatic N) is 1. The average molecular weight is 246 g/mol. The van der Waals surface area contributed by atoms with Crippen molar-refractivity contribution < 1.29 is 14.4 Å². The number of Topliss-reactive ketones (excluding diaryl/α,β-unsaturated/α-hetero) is 1. The minimum atomic E-state index is -0.368. The monoisotopic (exact) mass is 246 g/mol. The van der Waals surface area contributed by atoms with Crippen molar-refractivity contribution in [3.8, 4) is 0 Å². The summed E-state index contributed by atoms with van der Waals surface area (Å²) < 4.78 is 0. The van der Waals surface area contributed by atoms with E-state index in [1.54, 1.807) is 12.1 Å². The van der Waals surface area contributed by atoms with E-state index in [1.807, 2.05) is 18.2 Å². The van der Waals surface area contributed by atoms with Gasteiger partial charge in [0.25, 0.3) is 0 Å². The number of ketones is 1. The maximum atomic E-state index is 11.8. The van der Waals surface area contributed by atoms with E-state index in [0.29, 0.717) is 24.9 Å². The first kappa shape index (κ1) is 12.3. The SMILES string of the molecule is O=C(CCCN1C(=O)CNC1=O)c1ccccc1. The van der Waals surface area contributed by atoms with Crippen molar-refractivity contribution in [3.05, 3.63) is 35.9 Å². The minimum Gasteiger partial charge on any atom is -0.329 e. The molecule has 1 aromatic rings. The number of nitrogens with one attached hydrogen (secondary N) is 1. The van der Waals surface area contributed by atoms with Gasteiger partial charge in [0.15, 0.2) is 5.78 Å². The number of urea groups is 1. The number of carbonyl (C=O) groups excluding carboxylic acids is 3. The summed E-state index contributed by atoms with van der Waals surface area (Å²) in [6.07, 6.45) is 0.827. The summed E-state index contributed by atoms with van der Waals surface area (Å²) in [4.78, 5) is 35.5. The lowest BCUT2D eigenvalue weighted by Gasteiger charge is -2.11. The highest BCUT2D eigenvalue weighted by molar-refractivity contribution is 6.02. The molecule has 1 aromatic carbocycles. The van der Waals surface area contributed by atoms with Crippen molar-refractivity contribution in [2.24, 2.45) is 0 Å². The zero-order valence-electron chi connectivity index (χ0n) is 9.89. The molecule has 1 aliphatic heterocycles. The molecule has 94 valence electrons. The molecule has 1 N–H and O–H groups in total. The number of rotatable bonds is 5. The smallest absolute Gasteiger partial charge is 0.324 e. The average Bonchev–Trinajstić information content (AvgIpc) is 2.71. The molecule has 1 fully saturated rings. The fourth-order valence-electron chi connectivity index (χ4n) is 1.85. The largest absolute Gasteiger partial charge is 0.329 e. The van der Waals surface area contributed by atoms with Crippen LogP contribution < -0.4 is 5.32 Å². The van der Waals surface area contributed by atoms with Gasteiger partial charge in [-0.1, -0.05) is 30.3 Å². The molecule has 18 heavy (non-hydrogen) atoms. The van der Waals surface area contributed by atoms with Crippen LogP contribution in [0.15, 0.2) is 30.3 Å². The zero-order chi connectivity index (χ0) is 13.0. The van der Waals surface area contributed by atoms with Crippen molar-refractivity contribution in [1.82, 2.24) is 10.2 Å². The van der Waals surface area contributed by atoms with E-state index >= 15 is 0 Å². The van der Waals surface area contributed by atoms with Crippen LogP contribution in [0.4, 0.5) is 4.79 Å². The second-order valence-electron chi connectivity index (χ2n) is 4.10. The normalized spacial score (nSPS) is 14.8. The first-order valence-electron chi connectivity index (χ1n) is 5.85. The van der Waals surface area contributed by atoms with Crippen LogP contribution in [0.2, 0.25) is 0 Å². The molecule has 0 atom stereocenters. The lowest BCUT2D eigenvalue weighted by molar-refractivity contribution is -0.125. The Labute approximate surface area is 105 Å². The molecule has 2 rings (SSSR count). The molecule has 0 saturated carbocycles. The molecule has 5 heteroatoms. The van der Waals surface area contributed by atoms with E-state index in [4.69, 9.17) is 0 Å². The van der Waals surface area contributed by atoms with E-state index in [1.165, 1.54) is 0 Å². The maximum Gasteiger partial charge on any atom is 0.324 e. The summed E-state index contributed by atoms with van der Waals surface area (Å²) in [5, 5.41) is 2.44. The Kier molecular flexibility index (Phi) is 3.72. The fraction of sp³-hybridized carbons (Fsp3) is 0.308. The van der Waals surface area contributed by atoms with Crippen molar-refractivity contribution in [2.45, 2.75) is 12.8 Å². The quantitative estimate of drug-likeness (QED) is 0.627. The highest BCUT2D eigenvalue weighted by Gasteiger charge is 2.27. The molecule has 1 saturated heterocycles. The Hall–Kier alpha value is -2.17. The van der Waals surface area contributed by atoms with Gasteiger partial charge in [0.1, 0.15) is 0 Å². The Morgan fingerprint density at radius 2 is 1.94 bits per heavy atom. The topological polar surface area (TPSA) is 66.5 Å². The second kappa shape index (κ2) is 5.44. The third kappa shape index (κ3) is 2.74. The van der Waals surface area contributed by atoms with E-state index in [0.717, 1.165) is 4.90 Å². The Balaban J connectivity index is 1.81. The first-order valence-corrected chi connectivity index (χ1v) is 5.85. The number of amides is 3. The lowest BCUT2D eigenvalue weighted by Crippen LogP contribution is -2.32. The highest BCUT2D eigenvalue weighted by atomic mass is 16.2. The van der Waals surface area contributed by atoms with Crippen LogP contribution in [0, 0.1) is 0 Å². The molecule has 0 radical (unpaired) electrons. The lowest BCUT2D eigenvalue weighted by atomic mass is 10.1. The van der Waals surface area contributed by atoms with Gasteiger partial charge in [0.05, 0.1) is 6.54 Å². The Morgan fingerprint density at radius 3 is 2.56 bits per heavy atom. The summed E-state index contributed by atoms with van der Waals surface area (Å²) in [7, 11) is 0. The molecule has 3 amide bonds. The van der Waals surface area contributed by atoms with E-state index in [9.17, 15) is 14.4 Å². The fourth-order valence-corrected chi connectivity index (χ4v) is 1.85. The van der Waals surface area contributed by atoms with Crippen LogP contribution in [0.5, 0.6) is 0 Å². The molecule has 1 aliphatic rings. The number of hydrogen-bond acceptors (Lipinski definition) is 3. The Morgan fingerprint density at radius 1 is 1.22 bits per heavy atom. The van der Waals surface area contributed by atoms with Crippen LogP contribution in [-0.4, -0.2) is 35.7 Å². The molecule has 5 nitrogen and oxygen atoms in total. The van der Waals surface area contributed by atoms with Crippen LogP contribution >= 0.6 is 0 Å². The third-order valence-electron chi connectivity index (χ3n) is 2.82.